The predicted octanol–water partition coefficient (Wildman–Crippen LogP) is 2.28. The number of methoxy groups -OCH3 is 1. The summed E-state index contributed by atoms with van der Waals surface area (Å²) in [5, 5.41) is 0.659. The Labute approximate surface area is 133 Å². The van der Waals surface area contributed by atoms with E-state index >= 15 is 0 Å². The predicted molar refractivity (Wildman–Crippen MR) is 88.3 cm³/mol. The normalized spacial score (nSPS) is 16.7. The molecule has 0 saturated carbocycles. The van der Waals surface area contributed by atoms with E-state index in [2.05, 4.69) is 4.98 Å². The Balaban J connectivity index is 1.82. The first-order valence-corrected chi connectivity index (χ1v) is 7.70. The van der Waals surface area contributed by atoms with Gasteiger partial charge in [-0.25, -0.2) is 4.98 Å². The lowest BCUT2D eigenvalue weighted by Gasteiger charge is -2.07. The number of hydrogen-bond acceptors (Lipinski definition) is 4. The minimum Gasteiger partial charge on any atom is -0.384 e. The fraction of sp³-hybridized carbons (Fsp3) is 0.278. The first kappa shape index (κ1) is 14.1. The van der Waals surface area contributed by atoms with Gasteiger partial charge in [0, 0.05) is 37.8 Å². The van der Waals surface area contributed by atoms with Gasteiger partial charge in [0.25, 0.3) is 5.56 Å². The summed E-state index contributed by atoms with van der Waals surface area (Å²) in [6, 6.07) is 11.5. The highest BCUT2D eigenvalue weighted by Gasteiger charge is 2.24. The number of nitrogens with zero attached hydrogens (tertiary/aromatic N) is 3. The lowest BCUT2D eigenvalue weighted by molar-refractivity contribution is 0.152. The molecule has 1 aliphatic heterocycles. The van der Waals surface area contributed by atoms with Gasteiger partial charge in [0.05, 0.1) is 23.2 Å². The summed E-state index contributed by atoms with van der Waals surface area (Å²) >= 11 is 0. The quantitative estimate of drug-likeness (QED) is 0.745. The Hall–Kier alpha value is -2.53. The zero-order valence-corrected chi connectivity index (χ0v) is 12.9. The number of hydrogen-bond donors (Lipinski definition) is 0. The van der Waals surface area contributed by atoms with Gasteiger partial charge in [-0.3, -0.25) is 14.3 Å². The molecule has 0 bridgehead atoms. The maximum Gasteiger partial charge on any atom is 0.261 e. The van der Waals surface area contributed by atoms with Gasteiger partial charge in [-0.05, 0) is 24.3 Å². The van der Waals surface area contributed by atoms with Crippen LogP contribution in [-0.4, -0.2) is 28.3 Å². The smallest absolute Gasteiger partial charge is 0.261 e. The average molecular weight is 307 g/mol. The zero-order chi connectivity index (χ0) is 15.8. The molecule has 0 spiro atoms. The molecule has 0 amide bonds. The first-order valence-electron chi connectivity index (χ1n) is 7.70. The second-order valence-corrected chi connectivity index (χ2v) is 5.92. The fourth-order valence-corrected chi connectivity index (χ4v) is 3.23. The number of aromatic nitrogens is 3. The third kappa shape index (κ3) is 2.43. The first-order chi connectivity index (χ1) is 11.3. The van der Waals surface area contributed by atoms with Gasteiger partial charge >= 0.3 is 0 Å². The Bertz CT molecular complexity index is 919. The molecule has 0 radical (unpaired) electrons. The van der Waals surface area contributed by atoms with Gasteiger partial charge < -0.3 is 4.74 Å². The Morgan fingerprint density at radius 3 is 3.00 bits per heavy atom. The van der Waals surface area contributed by atoms with Gasteiger partial charge in [0.15, 0.2) is 0 Å². The Morgan fingerprint density at radius 1 is 1.30 bits per heavy atom. The standard InChI is InChI=1S/C18H17N3O2/c1-23-11-12-8-17-20-16-9-13(15-4-2-3-7-19-15)5-6-14(16)18(22)21(17)10-12/h2-7,9,12H,8,10-11H2,1H3. The summed E-state index contributed by atoms with van der Waals surface area (Å²) in [7, 11) is 1.69. The van der Waals surface area contributed by atoms with Crippen molar-refractivity contribution in [1.82, 2.24) is 14.5 Å². The van der Waals surface area contributed by atoms with Crippen LogP contribution in [0.1, 0.15) is 5.82 Å². The van der Waals surface area contributed by atoms with Crippen molar-refractivity contribution in [3.8, 4) is 11.3 Å². The fourth-order valence-electron chi connectivity index (χ4n) is 3.23. The van der Waals surface area contributed by atoms with Crippen molar-refractivity contribution in [1.29, 1.82) is 0 Å². The van der Waals surface area contributed by atoms with E-state index < -0.39 is 0 Å². The van der Waals surface area contributed by atoms with E-state index in [-0.39, 0.29) is 5.56 Å². The van der Waals surface area contributed by atoms with Gasteiger partial charge in [0.2, 0.25) is 0 Å². The van der Waals surface area contributed by atoms with Crippen molar-refractivity contribution < 1.29 is 4.74 Å². The third-order valence-corrected chi connectivity index (χ3v) is 4.31. The molecule has 4 rings (SSSR count). The number of fused-ring (bicyclic) bond motifs is 2. The number of rotatable bonds is 3. The van der Waals surface area contributed by atoms with E-state index in [1.165, 1.54) is 0 Å². The van der Waals surface area contributed by atoms with Crippen LogP contribution in [0.4, 0.5) is 0 Å². The number of pyridine rings is 1. The van der Waals surface area contributed by atoms with Gasteiger partial charge in [-0.1, -0.05) is 12.1 Å². The van der Waals surface area contributed by atoms with E-state index in [9.17, 15) is 4.79 Å². The van der Waals surface area contributed by atoms with Gasteiger partial charge in [-0.15, -0.1) is 0 Å². The molecule has 0 N–H and O–H groups in total. The van der Waals surface area contributed by atoms with Crippen molar-refractivity contribution >= 4 is 10.9 Å². The van der Waals surface area contributed by atoms with E-state index in [1.807, 2.05) is 36.4 Å². The van der Waals surface area contributed by atoms with Crippen LogP contribution >= 0.6 is 0 Å². The molecule has 5 heteroatoms. The van der Waals surface area contributed by atoms with Crippen LogP contribution in [0.5, 0.6) is 0 Å². The van der Waals surface area contributed by atoms with E-state index in [1.54, 1.807) is 17.9 Å². The molecule has 1 unspecified atom stereocenters. The molecule has 0 fully saturated rings. The van der Waals surface area contributed by atoms with Crippen LogP contribution in [0.3, 0.4) is 0 Å². The van der Waals surface area contributed by atoms with Gasteiger partial charge in [-0.2, -0.15) is 0 Å². The molecule has 1 aromatic carbocycles. The molecule has 2 aromatic heterocycles. The highest BCUT2D eigenvalue weighted by Crippen LogP contribution is 2.23. The van der Waals surface area contributed by atoms with E-state index in [0.29, 0.717) is 24.5 Å². The van der Waals surface area contributed by atoms with Crippen LogP contribution < -0.4 is 5.56 Å². The molecule has 0 aliphatic carbocycles. The van der Waals surface area contributed by atoms with Crippen LogP contribution in [0, 0.1) is 5.92 Å². The summed E-state index contributed by atoms with van der Waals surface area (Å²) in [6.07, 6.45) is 2.55. The van der Waals surface area contributed by atoms with Crippen LogP contribution in [-0.2, 0) is 17.7 Å². The number of ether oxygens (including phenoxy) is 1. The van der Waals surface area contributed by atoms with Crippen LogP contribution in [0.15, 0.2) is 47.4 Å². The minimum atomic E-state index is 0.0381. The molecule has 5 nitrogen and oxygen atoms in total. The lowest BCUT2D eigenvalue weighted by Crippen LogP contribution is -2.22. The summed E-state index contributed by atoms with van der Waals surface area (Å²) in [5.41, 5.74) is 2.63. The maximum atomic E-state index is 12.7. The second kappa shape index (κ2) is 5.59. The molecular weight excluding hydrogens is 290 g/mol. The molecule has 3 aromatic rings. The minimum absolute atomic E-state index is 0.0381. The van der Waals surface area contributed by atoms with Crippen LogP contribution in [0.25, 0.3) is 22.2 Å². The van der Waals surface area contributed by atoms with E-state index in [4.69, 9.17) is 9.72 Å². The summed E-state index contributed by atoms with van der Waals surface area (Å²) < 4.78 is 7.00. The Kier molecular flexibility index (Phi) is 3.42. The SMILES string of the molecule is COCC1Cc2nc3cc(-c4ccccn4)ccc3c(=O)n2C1. The number of benzene rings is 1. The van der Waals surface area contributed by atoms with Crippen LogP contribution in [0.2, 0.25) is 0 Å². The zero-order valence-electron chi connectivity index (χ0n) is 12.9. The molecule has 23 heavy (non-hydrogen) atoms. The molecule has 3 heterocycles. The molecule has 1 aliphatic rings. The van der Waals surface area contributed by atoms with Crippen molar-refractivity contribution in [2.75, 3.05) is 13.7 Å². The van der Waals surface area contributed by atoms with Crippen molar-refractivity contribution in [2.24, 2.45) is 5.92 Å². The highest BCUT2D eigenvalue weighted by molar-refractivity contribution is 5.83. The largest absolute Gasteiger partial charge is 0.384 e. The molecular formula is C18H17N3O2. The maximum absolute atomic E-state index is 12.7. The summed E-state index contributed by atoms with van der Waals surface area (Å²) in [6.45, 7) is 1.34. The Morgan fingerprint density at radius 2 is 2.22 bits per heavy atom. The highest BCUT2D eigenvalue weighted by atomic mass is 16.5. The molecule has 116 valence electrons. The van der Waals surface area contributed by atoms with Crippen molar-refractivity contribution in [3.05, 3.63) is 58.8 Å². The summed E-state index contributed by atoms with van der Waals surface area (Å²) in [5.74, 6) is 1.18. The summed E-state index contributed by atoms with van der Waals surface area (Å²) in [4.78, 5) is 21.8. The van der Waals surface area contributed by atoms with Crippen molar-refractivity contribution in [2.45, 2.75) is 13.0 Å². The monoisotopic (exact) mass is 307 g/mol. The lowest BCUT2D eigenvalue weighted by atomic mass is 10.1. The third-order valence-electron chi connectivity index (χ3n) is 4.31. The van der Waals surface area contributed by atoms with Crippen molar-refractivity contribution in [3.63, 3.8) is 0 Å². The molecule has 0 saturated heterocycles. The van der Waals surface area contributed by atoms with E-state index in [0.717, 1.165) is 29.0 Å². The van der Waals surface area contributed by atoms with Gasteiger partial charge in [0.1, 0.15) is 5.82 Å². The second-order valence-electron chi connectivity index (χ2n) is 5.92. The average Bonchev–Trinajstić information content (AvgIpc) is 2.98. The molecule has 1 atom stereocenters. The topological polar surface area (TPSA) is 57.0 Å².